The van der Waals surface area contributed by atoms with Gasteiger partial charge in [0.05, 0.1) is 12.1 Å². The Bertz CT molecular complexity index is 1680. The predicted octanol–water partition coefficient (Wildman–Crippen LogP) is 9.12. The number of ketones is 2. The van der Waals surface area contributed by atoms with Crippen molar-refractivity contribution in [1.29, 1.82) is 0 Å². The number of hydrogen-bond acceptors (Lipinski definition) is 5. The van der Waals surface area contributed by atoms with Crippen molar-refractivity contribution in [3.05, 3.63) is 117 Å². The molecule has 0 saturated carbocycles. The van der Waals surface area contributed by atoms with Crippen LogP contribution in [0, 0.1) is 17.8 Å². The summed E-state index contributed by atoms with van der Waals surface area (Å²) < 4.78 is 12.1. The second kappa shape index (κ2) is 11.8. The van der Waals surface area contributed by atoms with Crippen LogP contribution in [-0.4, -0.2) is 23.6 Å². The van der Waals surface area contributed by atoms with Crippen molar-refractivity contribution in [2.45, 2.75) is 79.4 Å². The second-order valence-electron chi connectivity index (χ2n) is 14.4. The number of Topliss-reactive ketones (excluding diaryl/α,β-unsaturated/α-hetero) is 2. The zero-order valence-corrected chi connectivity index (χ0v) is 27.9. The molecule has 1 heterocycles. The first-order valence-electron chi connectivity index (χ1n) is 15.8. The van der Waals surface area contributed by atoms with E-state index >= 15 is 0 Å². The molecule has 2 aliphatic carbocycles. The van der Waals surface area contributed by atoms with Crippen LogP contribution in [0.3, 0.4) is 0 Å². The number of aryl methyl sites for hydroxylation is 1. The molecule has 0 aromatic heterocycles. The highest BCUT2D eigenvalue weighted by Crippen LogP contribution is 2.55. The van der Waals surface area contributed by atoms with Crippen molar-refractivity contribution in [3.8, 4) is 11.5 Å². The molecule has 5 nitrogen and oxygen atoms in total. The number of methoxy groups -OCH3 is 1. The smallest absolute Gasteiger partial charge is 0.180 e. The fourth-order valence-corrected chi connectivity index (χ4v) is 7.62. The quantitative estimate of drug-likeness (QED) is 0.263. The maximum absolute atomic E-state index is 14.2. The van der Waals surface area contributed by atoms with Gasteiger partial charge in [0.1, 0.15) is 6.61 Å². The Morgan fingerprint density at radius 3 is 1.98 bits per heavy atom. The summed E-state index contributed by atoms with van der Waals surface area (Å²) in [6.07, 6.45) is 2.33. The molecule has 3 aromatic rings. The number of rotatable bonds is 7. The molecule has 0 spiro atoms. The minimum atomic E-state index is -0.522. The van der Waals surface area contributed by atoms with Gasteiger partial charge in [0.15, 0.2) is 23.1 Å². The molecule has 1 aliphatic heterocycles. The number of halogens is 1. The van der Waals surface area contributed by atoms with E-state index in [1.54, 1.807) is 7.11 Å². The molecule has 0 N–H and O–H groups in total. The molecule has 234 valence electrons. The molecule has 0 bridgehead atoms. The lowest BCUT2D eigenvalue weighted by atomic mass is 9.63. The largest absolute Gasteiger partial charge is 0.493 e. The third-order valence-electron chi connectivity index (χ3n) is 9.26. The number of allylic oxidation sites excluding steroid dienone is 4. The molecular formula is C39H42ClNO4. The van der Waals surface area contributed by atoms with Crippen LogP contribution in [0.4, 0.5) is 0 Å². The van der Waals surface area contributed by atoms with Crippen LogP contribution in [0.2, 0.25) is 5.02 Å². The Morgan fingerprint density at radius 2 is 1.40 bits per heavy atom. The molecular weight excluding hydrogens is 582 g/mol. The Balaban J connectivity index is 1.50. The summed E-state index contributed by atoms with van der Waals surface area (Å²) in [6, 6.07) is 22.2. The van der Waals surface area contributed by atoms with Crippen LogP contribution in [0.5, 0.6) is 11.5 Å². The summed E-state index contributed by atoms with van der Waals surface area (Å²) in [5, 5.41) is 0.389. The van der Waals surface area contributed by atoms with E-state index in [1.165, 1.54) is 0 Å². The average Bonchev–Trinajstić information content (AvgIpc) is 2.96. The maximum atomic E-state index is 14.2. The van der Waals surface area contributed by atoms with E-state index in [4.69, 9.17) is 21.1 Å². The van der Waals surface area contributed by atoms with Crippen molar-refractivity contribution < 1.29 is 19.1 Å². The summed E-state index contributed by atoms with van der Waals surface area (Å²) >= 11 is 6.96. The molecule has 3 aromatic carbocycles. The number of carbonyl (C=O) groups is 2. The van der Waals surface area contributed by atoms with E-state index < -0.39 is 5.92 Å². The van der Waals surface area contributed by atoms with Gasteiger partial charge in [-0.05, 0) is 59.4 Å². The average molecular weight is 624 g/mol. The molecule has 0 unspecified atom stereocenters. The fraction of sp³-hybridized carbons (Fsp3) is 0.385. The first kappa shape index (κ1) is 31.2. The van der Waals surface area contributed by atoms with Gasteiger partial charge in [0.2, 0.25) is 0 Å². The van der Waals surface area contributed by atoms with E-state index in [0.717, 1.165) is 46.5 Å². The monoisotopic (exact) mass is 623 g/mol. The van der Waals surface area contributed by atoms with Gasteiger partial charge in [-0.1, -0.05) is 99.5 Å². The Kier molecular flexibility index (Phi) is 8.19. The SMILES string of the molecule is COc1cc(C2C3=C(CC(C)(C)CC3=O)N(Cc3ccccc3)C3=C2C(=O)CC(C)(C)C3)cc(Cl)c1OCc1cccc(C)c1. The van der Waals surface area contributed by atoms with Crippen molar-refractivity contribution >= 4 is 23.2 Å². The zero-order valence-electron chi connectivity index (χ0n) is 27.1. The Morgan fingerprint density at radius 1 is 0.800 bits per heavy atom. The normalized spacial score (nSPS) is 19.4. The van der Waals surface area contributed by atoms with Gasteiger partial charge in [0, 0.05) is 47.8 Å². The van der Waals surface area contributed by atoms with E-state index in [-0.39, 0.29) is 22.4 Å². The van der Waals surface area contributed by atoms with Gasteiger partial charge < -0.3 is 14.4 Å². The van der Waals surface area contributed by atoms with Crippen LogP contribution in [0.1, 0.15) is 81.5 Å². The topological polar surface area (TPSA) is 55.8 Å². The van der Waals surface area contributed by atoms with Gasteiger partial charge >= 0.3 is 0 Å². The standard InChI is InChI=1S/C39H42ClNO4/c1-24-11-10-14-26(15-24)23-45-37-28(40)16-27(17-33(37)44-6)34-35-29(18-38(2,3)20-31(35)42)41(22-25-12-8-7-9-13-25)30-19-39(4,5)21-32(43)36(30)34/h7-17,34H,18-23H2,1-6H3. The minimum absolute atomic E-state index is 0.0864. The maximum Gasteiger partial charge on any atom is 0.180 e. The highest BCUT2D eigenvalue weighted by atomic mass is 35.5. The summed E-state index contributed by atoms with van der Waals surface area (Å²) in [5.41, 5.74) is 7.15. The molecule has 6 heteroatoms. The fourth-order valence-electron chi connectivity index (χ4n) is 7.34. The molecule has 0 saturated heterocycles. The predicted molar refractivity (Wildman–Crippen MR) is 178 cm³/mol. The summed E-state index contributed by atoms with van der Waals surface area (Å²) in [4.78, 5) is 30.7. The summed E-state index contributed by atoms with van der Waals surface area (Å²) in [5.74, 6) is 0.577. The van der Waals surface area contributed by atoms with Crippen LogP contribution in [0.25, 0.3) is 0 Å². The van der Waals surface area contributed by atoms with E-state index in [1.807, 2.05) is 55.5 Å². The third-order valence-corrected chi connectivity index (χ3v) is 9.54. The number of hydrogen-bond donors (Lipinski definition) is 0. The highest BCUT2D eigenvalue weighted by molar-refractivity contribution is 6.32. The number of carbonyl (C=O) groups excluding carboxylic acids is 2. The molecule has 0 atom stereocenters. The van der Waals surface area contributed by atoms with Crippen LogP contribution in [0.15, 0.2) is 89.3 Å². The molecule has 45 heavy (non-hydrogen) atoms. The lowest BCUT2D eigenvalue weighted by Crippen LogP contribution is -2.44. The zero-order chi connectivity index (χ0) is 32.1. The molecule has 0 fully saturated rings. The third kappa shape index (κ3) is 6.20. The first-order chi connectivity index (χ1) is 21.4. The van der Waals surface area contributed by atoms with Gasteiger partial charge in [0.25, 0.3) is 0 Å². The first-order valence-corrected chi connectivity index (χ1v) is 16.1. The summed E-state index contributed by atoms with van der Waals surface area (Å²) in [7, 11) is 1.59. The van der Waals surface area contributed by atoms with Crippen molar-refractivity contribution in [2.24, 2.45) is 10.8 Å². The van der Waals surface area contributed by atoms with Gasteiger partial charge in [-0.25, -0.2) is 0 Å². The molecule has 6 rings (SSSR count). The van der Waals surface area contributed by atoms with Crippen molar-refractivity contribution in [2.75, 3.05) is 7.11 Å². The number of ether oxygens (including phenoxy) is 2. The lowest BCUT2D eigenvalue weighted by molar-refractivity contribution is -0.119. The Labute approximate surface area is 271 Å². The second-order valence-corrected chi connectivity index (χ2v) is 14.8. The number of nitrogens with zero attached hydrogens (tertiary/aromatic N) is 1. The van der Waals surface area contributed by atoms with E-state index in [9.17, 15) is 9.59 Å². The van der Waals surface area contributed by atoms with E-state index in [2.05, 4.69) is 50.8 Å². The van der Waals surface area contributed by atoms with Gasteiger partial charge in [-0.15, -0.1) is 0 Å². The van der Waals surface area contributed by atoms with Crippen molar-refractivity contribution in [3.63, 3.8) is 0 Å². The Hall–Kier alpha value is -3.83. The molecule has 0 amide bonds. The van der Waals surface area contributed by atoms with E-state index in [0.29, 0.717) is 53.7 Å². The van der Waals surface area contributed by atoms with Crippen LogP contribution >= 0.6 is 11.6 Å². The molecule has 0 radical (unpaired) electrons. The highest BCUT2D eigenvalue weighted by Gasteiger charge is 2.49. The number of benzene rings is 3. The lowest BCUT2D eigenvalue weighted by Gasteiger charge is -2.49. The summed E-state index contributed by atoms with van der Waals surface area (Å²) in [6.45, 7) is 11.6. The molecule has 3 aliphatic rings. The van der Waals surface area contributed by atoms with Crippen LogP contribution < -0.4 is 9.47 Å². The minimum Gasteiger partial charge on any atom is -0.493 e. The van der Waals surface area contributed by atoms with Crippen LogP contribution in [-0.2, 0) is 22.7 Å². The van der Waals surface area contributed by atoms with Crippen molar-refractivity contribution in [1.82, 2.24) is 4.90 Å². The van der Waals surface area contributed by atoms with Gasteiger partial charge in [-0.2, -0.15) is 0 Å². The van der Waals surface area contributed by atoms with Gasteiger partial charge in [-0.3, -0.25) is 9.59 Å².